The Kier molecular flexibility index (Phi) is 1.69. The van der Waals surface area contributed by atoms with E-state index in [2.05, 4.69) is 15.9 Å². The number of epoxide rings is 1. The zero-order chi connectivity index (χ0) is 9.71. The Labute approximate surface area is 89.1 Å². The summed E-state index contributed by atoms with van der Waals surface area (Å²) < 4.78 is 11.1. The molecule has 0 bridgehead atoms. The van der Waals surface area contributed by atoms with Gasteiger partial charge in [0, 0.05) is 10.0 Å². The fourth-order valence-corrected chi connectivity index (χ4v) is 2.38. The summed E-state index contributed by atoms with van der Waals surface area (Å²) in [5.74, 6) is -0.232. The average Bonchev–Trinajstić information content (AvgIpc) is 2.93. The highest BCUT2D eigenvalue weighted by molar-refractivity contribution is 9.10. The molecule has 1 fully saturated rings. The normalized spacial score (nSPS) is 23.2. The molecule has 0 aromatic heterocycles. The first-order chi connectivity index (χ1) is 6.77. The van der Waals surface area contributed by atoms with E-state index in [0.717, 1.165) is 22.2 Å². The summed E-state index contributed by atoms with van der Waals surface area (Å²) in [7, 11) is 0. The van der Waals surface area contributed by atoms with Crippen molar-refractivity contribution in [2.45, 2.75) is 12.7 Å². The molecule has 72 valence electrons. The van der Waals surface area contributed by atoms with Gasteiger partial charge in [0.05, 0.1) is 12.2 Å². The molecule has 14 heavy (non-hydrogen) atoms. The lowest BCUT2D eigenvalue weighted by molar-refractivity contribution is 0.0535. The van der Waals surface area contributed by atoms with E-state index in [1.807, 2.05) is 12.1 Å². The van der Waals surface area contributed by atoms with Crippen molar-refractivity contribution in [2.24, 2.45) is 0 Å². The second-order valence-corrected chi connectivity index (χ2v) is 4.19. The Bertz CT molecular complexity index is 424. The van der Waals surface area contributed by atoms with E-state index in [-0.39, 0.29) is 12.1 Å². The predicted octanol–water partition coefficient (Wildman–Crippen LogP) is 2.19. The van der Waals surface area contributed by atoms with Gasteiger partial charge in [0.2, 0.25) is 0 Å². The van der Waals surface area contributed by atoms with Gasteiger partial charge in [-0.15, -0.1) is 0 Å². The molecule has 1 aromatic rings. The maximum absolute atomic E-state index is 11.2. The maximum Gasteiger partial charge on any atom is 0.338 e. The molecule has 0 radical (unpaired) electrons. The van der Waals surface area contributed by atoms with Gasteiger partial charge in [-0.2, -0.15) is 0 Å². The number of halogens is 1. The lowest BCUT2D eigenvalue weighted by Gasteiger charge is -2.03. The van der Waals surface area contributed by atoms with Crippen molar-refractivity contribution < 1.29 is 14.3 Å². The molecule has 3 rings (SSSR count). The quantitative estimate of drug-likeness (QED) is 0.570. The molecule has 0 saturated carbocycles. The second kappa shape index (κ2) is 2.81. The SMILES string of the molecule is O=C1OCc2c1ccc(C1CO1)c2Br. The predicted molar refractivity (Wildman–Crippen MR) is 52.0 cm³/mol. The molecule has 0 spiro atoms. The summed E-state index contributed by atoms with van der Waals surface area (Å²) in [4.78, 5) is 11.2. The first kappa shape index (κ1) is 8.44. The van der Waals surface area contributed by atoms with Gasteiger partial charge in [0.25, 0.3) is 0 Å². The standard InChI is InChI=1S/C10H7BrO3/c11-9-6(8-4-13-8)2-1-5-7(9)3-14-10(5)12/h1-2,8H,3-4H2. The van der Waals surface area contributed by atoms with Crippen LogP contribution in [0.5, 0.6) is 0 Å². The van der Waals surface area contributed by atoms with Gasteiger partial charge in [-0.3, -0.25) is 0 Å². The van der Waals surface area contributed by atoms with Gasteiger partial charge >= 0.3 is 5.97 Å². The first-order valence-electron chi connectivity index (χ1n) is 4.37. The lowest BCUT2D eigenvalue weighted by atomic mass is 10.0. The van der Waals surface area contributed by atoms with Gasteiger partial charge in [-0.25, -0.2) is 4.79 Å². The number of fused-ring (bicyclic) bond motifs is 1. The number of carbonyl (C=O) groups is 1. The summed E-state index contributed by atoms with van der Waals surface area (Å²) in [6, 6.07) is 3.74. The van der Waals surface area contributed by atoms with Crippen molar-refractivity contribution in [1.29, 1.82) is 0 Å². The molecule has 3 nitrogen and oxygen atoms in total. The number of rotatable bonds is 1. The summed E-state index contributed by atoms with van der Waals surface area (Å²) in [6.07, 6.45) is 0.199. The molecular formula is C10H7BrO3. The third-order valence-corrected chi connectivity index (χ3v) is 3.46. The van der Waals surface area contributed by atoms with Crippen molar-refractivity contribution in [3.05, 3.63) is 33.3 Å². The Hall–Kier alpha value is -0.870. The lowest BCUT2D eigenvalue weighted by Crippen LogP contribution is -1.95. The van der Waals surface area contributed by atoms with Gasteiger partial charge in [0.15, 0.2) is 0 Å². The van der Waals surface area contributed by atoms with Gasteiger partial charge in [-0.1, -0.05) is 6.07 Å². The summed E-state index contributed by atoms with van der Waals surface area (Å²) in [6.45, 7) is 1.14. The molecule has 2 aliphatic heterocycles. The topological polar surface area (TPSA) is 38.8 Å². The van der Waals surface area contributed by atoms with E-state index in [1.54, 1.807) is 0 Å². The monoisotopic (exact) mass is 254 g/mol. The highest BCUT2D eigenvalue weighted by atomic mass is 79.9. The van der Waals surface area contributed by atoms with Crippen LogP contribution in [0.2, 0.25) is 0 Å². The third-order valence-electron chi connectivity index (χ3n) is 2.52. The minimum absolute atomic E-state index is 0.199. The Morgan fingerprint density at radius 2 is 2.21 bits per heavy atom. The van der Waals surface area contributed by atoms with E-state index in [9.17, 15) is 4.79 Å². The van der Waals surface area contributed by atoms with Crippen molar-refractivity contribution in [3.63, 3.8) is 0 Å². The number of ether oxygens (including phenoxy) is 2. The average molecular weight is 255 g/mol. The highest BCUT2D eigenvalue weighted by Gasteiger charge is 2.31. The molecule has 2 heterocycles. The van der Waals surface area contributed by atoms with Crippen LogP contribution in [0, 0.1) is 0 Å². The summed E-state index contributed by atoms with van der Waals surface area (Å²) >= 11 is 3.49. The Morgan fingerprint density at radius 3 is 2.93 bits per heavy atom. The van der Waals surface area contributed by atoms with Crippen LogP contribution in [0.15, 0.2) is 16.6 Å². The van der Waals surface area contributed by atoms with E-state index < -0.39 is 0 Å². The second-order valence-electron chi connectivity index (χ2n) is 3.39. The summed E-state index contributed by atoms with van der Waals surface area (Å²) in [5.41, 5.74) is 2.73. The summed E-state index contributed by atoms with van der Waals surface area (Å²) in [5, 5.41) is 0. The zero-order valence-corrected chi connectivity index (χ0v) is 8.83. The molecule has 1 saturated heterocycles. The largest absolute Gasteiger partial charge is 0.457 e. The first-order valence-corrected chi connectivity index (χ1v) is 5.16. The number of cyclic esters (lactones) is 1. The fourth-order valence-electron chi connectivity index (χ4n) is 1.66. The van der Waals surface area contributed by atoms with Crippen LogP contribution in [0.1, 0.15) is 27.6 Å². The van der Waals surface area contributed by atoms with Crippen LogP contribution in [0.25, 0.3) is 0 Å². The van der Waals surface area contributed by atoms with Gasteiger partial charge in [0.1, 0.15) is 12.7 Å². The molecule has 0 amide bonds. The number of hydrogen-bond acceptors (Lipinski definition) is 3. The molecule has 0 aliphatic carbocycles. The fraction of sp³-hybridized carbons (Fsp3) is 0.300. The van der Waals surface area contributed by atoms with E-state index in [1.165, 1.54) is 0 Å². The smallest absolute Gasteiger partial charge is 0.338 e. The number of esters is 1. The zero-order valence-electron chi connectivity index (χ0n) is 7.25. The highest BCUT2D eigenvalue weighted by Crippen LogP contribution is 2.39. The minimum atomic E-state index is -0.232. The van der Waals surface area contributed by atoms with Crippen LogP contribution in [0.4, 0.5) is 0 Å². The maximum atomic E-state index is 11.2. The molecule has 1 unspecified atom stereocenters. The molecule has 4 heteroatoms. The number of benzene rings is 1. The van der Waals surface area contributed by atoms with Crippen molar-refractivity contribution >= 4 is 21.9 Å². The third kappa shape index (κ3) is 1.11. The van der Waals surface area contributed by atoms with Gasteiger partial charge in [-0.05, 0) is 27.6 Å². The minimum Gasteiger partial charge on any atom is -0.457 e. The van der Waals surface area contributed by atoms with E-state index in [4.69, 9.17) is 9.47 Å². The Balaban J connectivity index is 2.16. The molecular weight excluding hydrogens is 248 g/mol. The van der Waals surface area contributed by atoms with Crippen molar-refractivity contribution in [2.75, 3.05) is 6.61 Å². The molecule has 1 aromatic carbocycles. The van der Waals surface area contributed by atoms with E-state index >= 15 is 0 Å². The van der Waals surface area contributed by atoms with Crippen molar-refractivity contribution in [1.82, 2.24) is 0 Å². The Morgan fingerprint density at radius 1 is 1.43 bits per heavy atom. The van der Waals surface area contributed by atoms with E-state index in [0.29, 0.717) is 12.2 Å². The molecule has 2 aliphatic rings. The van der Waals surface area contributed by atoms with Gasteiger partial charge < -0.3 is 9.47 Å². The van der Waals surface area contributed by atoms with Crippen LogP contribution < -0.4 is 0 Å². The molecule has 1 atom stereocenters. The van der Waals surface area contributed by atoms with Crippen LogP contribution in [-0.4, -0.2) is 12.6 Å². The van der Waals surface area contributed by atoms with Crippen LogP contribution >= 0.6 is 15.9 Å². The number of carbonyl (C=O) groups excluding carboxylic acids is 1. The molecule has 0 N–H and O–H groups in total. The van der Waals surface area contributed by atoms with Crippen LogP contribution in [-0.2, 0) is 16.1 Å². The van der Waals surface area contributed by atoms with Crippen LogP contribution in [0.3, 0.4) is 0 Å². The number of hydrogen-bond donors (Lipinski definition) is 0. The van der Waals surface area contributed by atoms with Crippen molar-refractivity contribution in [3.8, 4) is 0 Å².